The van der Waals surface area contributed by atoms with Gasteiger partial charge >= 0.3 is 6.18 Å². The summed E-state index contributed by atoms with van der Waals surface area (Å²) in [7, 11) is 0. The molecule has 3 aromatic rings. The van der Waals surface area contributed by atoms with Gasteiger partial charge in [0, 0.05) is 6.07 Å². The maximum atomic E-state index is 13.2. The van der Waals surface area contributed by atoms with Crippen LogP contribution in [0.5, 0.6) is 0 Å². The quantitative estimate of drug-likeness (QED) is 0.756. The van der Waals surface area contributed by atoms with Gasteiger partial charge in [-0.3, -0.25) is 9.89 Å². The Morgan fingerprint density at radius 3 is 2.61 bits per heavy atom. The number of fused-ring (bicyclic) bond motifs is 1. The van der Waals surface area contributed by atoms with Gasteiger partial charge in [0.05, 0.1) is 28.7 Å². The highest BCUT2D eigenvalue weighted by atomic mass is 19.4. The van der Waals surface area contributed by atoms with E-state index in [0.717, 1.165) is 10.6 Å². The number of hydrogen-bond acceptors (Lipinski definition) is 4. The van der Waals surface area contributed by atoms with Gasteiger partial charge in [-0.05, 0) is 19.1 Å². The molecule has 1 aromatic carbocycles. The Labute approximate surface area is 127 Å². The molecule has 0 spiro atoms. The third kappa shape index (κ3) is 2.48. The number of alkyl halides is 3. The van der Waals surface area contributed by atoms with Crippen molar-refractivity contribution in [3.05, 3.63) is 52.2 Å². The maximum absolute atomic E-state index is 13.2. The smallest absolute Gasteiger partial charge is 0.322 e. The number of nitrogens with one attached hydrogen (secondary N) is 1. The molecule has 6 nitrogen and oxygen atoms in total. The van der Waals surface area contributed by atoms with Crippen LogP contribution in [0.2, 0.25) is 0 Å². The Morgan fingerprint density at radius 2 is 2.04 bits per heavy atom. The lowest BCUT2D eigenvalue weighted by Gasteiger charge is -2.16. The Bertz CT molecular complexity index is 913. The van der Waals surface area contributed by atoms with Crippen LogP contribution in [0.25, 0.3) is 16.7 Å². The first-order chi connectivity index (χ1) is 10.8. The summed E-state index contributed by atoms with van der Waals surface area (Å²) >= 11 is 0. The highest BCUT2D eigenvalue weighted by Crippen LogP contribution is 2.33. The van der Waals surface area contributed by atoms with E-state index in [-0.39, 0.29) is 17.0 Å². The van der Waals surface area contributed by atoms with Crippen molar-refractivity contribution < 1.29 is 13.2 Å². The summed E-state index contributed by atoms with van der Waals surface area (Å²) in [6.07, 6.45) is -3.20. The second kappa shape index (κ2) is 5.20. The Balaban J connectivity index is 2.46. The molecule has 23 heavy (non-hydrogen) atoms. The molecule has 0 saturated heterocycles. The maximum Gasteiger partial charge on any atom is 0.418 e. The predicted molar refractivity (Wildman–Crippen MR) is 77.1 cm³/mol. The zero-order valence-corrected chi connectivity index (χ0v) is 11.9. The van der Waals surface area contributed by atoms with Crippen molar-refractivity contribution in [1.82, 2.24) is 19.7 Å². The number of rotatable bonds is 2. The summed E-state index contributed by atoms with van der Waals surface area (Å²) in [5, 5.41) is 6.20. The van der Waals surface area contributed by atoms with Crippen molar-refractivity contribution in [2.75, 3.05) is 0 Å². The van der Waals surface area contributed by atoms with Crippen LogP contribution in [0, 0.1) is 0 Å². The summed E-state index contributed by atoms with van der Waals surface area (Å²) < 4.78 is 40.6. The lowest BCUT2D eigenvalue weighted by Crippen LogP contribution is -2.28. The number of nitrogens with two attached hydrogens (primary N) is 1. The molecular formula is C14H12F3N5O. The minimum Gasteiger partial charge on any atom is -0.322 e. The molecule has 0 saturated carbocycles. The van der Waals surface area contributed by atoms with E-state index >= 15 is 0 Å². The number of para-hydroxylation sites is 1. The first-order valence-electron chi connectivity index (χ1n) is 6.69. The van der Waals surface area contributed by atoms with Gasteiger partial charge in [0.2, 0.25) is 0 Å². The van der Waals surface area contributed by atoms with Crippen molar-refractivity contribution >= 4 is 10.9 Å². The molecule has 1 atom stereocenters. The number of aromatic amines is 1. The molecule has 0 aliphatic carbocycles. The van der Waals surface area contributed by atoms with Gasteiger partial charge < -0.3 is 5.73 Å². The Hall–Kier alpha value is -2.68. The highest BCUT2D eigenvalue weighted by molar-refractivity contribution is 5.82. The normalized spacial score (nSPS) is 13.4. The van der Waals surface area contributed by atoms with Crippen LogP contribution < -0.4 is 11.3 Å². The minimum atomic E-state index is -4.62. The van der Waals surface area contributed by atoms with Crippen LogP contribution in [-0.2, 0) is 6.18 Å². The van der Waals surface area contributed by atoms with Crippen molar-refractivity contribution in [3.8, 4) is 5.82 Å². The molecule has 0 bridgehead atoms. The van der Waals surface area contributed by atoms with E-state index in [1.54, 1.807) is 0 Å². The van der Waals surface area contributed by atoms with Crippen LogP contribution in [0.15, 0.2) is 35.3 Å². The average Bonchev–Trinajstić information content (AvgIpc) is 2.99. The van der Waals surface area contributed by atoms with E-state index in [1.807, 2.05) is 0 Å². The monoisotopic (exact) mass is 323 g/mol. The number of halogens is 3. The Morgan fingerprint density at radius 1 is 1.30 bits per heavy atom. The number of H-pyrrole nitrogens is 1. The molecular weight excluding hydrogens is 311 g/mol. The molecule has 0 unspecified atom stereocenters. The standard InChI is InChI=1S/C14H12F3N5O/c1-7(18)12-20-11-8(3-2-4-9(11)14(15,16)17)13(23)22(12)10-5-6-19-21-10/h2-7H,18H2,1H3,(H,19,21)/t7-/m0/s1. The largest absolute Gasteiger partial charge is 0.418 e. The van der Waals surface area contributed by atoms with E-state index in [2.05, 4.69) is 15.2 Å². The summed E-state index contributed by atoms with van der Waals surface area (Å²) in [5.74, 6) is 0.303. The fourth-order valence-corrected chi connectivity index (χ4v) is 2.37. The van der Waals surface area contributed by atoms with Crippen LogP contribution in [-0.4, -0.2) is 19.7 Å². The number of hydrogen-bond donors (Lipinski definition) is 2. The summed E-state index contributed by atoms with van der Waals surface area (Å²) in [5.41, 5.74) is 3.78. The predicted octanol–water partition coefficient (Wildman–Crippen LogP) is 2.15. The third-order valence-corrected chi connectivity index (χ3v) is 3.36. The first kappa shape index (κ1) is 15.2. The second-order valence-corrected chi connectivity index (χ2v) is 5.04. The molecule has 3 N–H and O–H groups in total. The lowest BCUT2D eigenvalue weighted by atomic mass is 10.1. The Kier molecular flexibility index (Phi) is 3.44. The molecule has 0 aliphatic heterocycles. The molecule has 0 aliphatic rings. The third-order valence-electron chi connectivity index (χ3n) is 3.36. The first-order valence-corrected chi connectivity index (χ1v) is 6.69. The number of aromatic nitrogens is 4. The van der Waals surface area contributed by atoms with Gasteiger partial charge in [-0.25, -0.2) is 9.55 Å². The van der Waals surface area contributed by atoms with Crippen molar-refractivity contribution in [2.45, 2.75) is 19.1 Å². The van der Waals surface area contributed by atoms with Gasteiger partial charge in [0.25, 0.3) is 5.56 Å². The lowest BCUT2D eigenvalue weighted by molar-refractivity contribution is -0.136. The van der Waals surface area contributed by atoms with Crippen molar-refractivity contribution in [2.24, 2.45) is 5.73 Å². The molecule has 3 rings (SSSR count). The van der Waals surface area contributed by atoms with E-state index in [1.165, 1.54) is 31.3 Å². The van der Waals surface area contributed by atoms with Crippen LogP contribution in [0.3, 0.4) is 0 Å². The van der Waals surface area contributed by atoms with E-state index in [0.29, 0.717) is 0 Å². The molecule has 2 aromatic heterocycles. The molecule has 0 amide bonds. The molecule has 120 valence electrons. The van der Waals surface area contributed by atoms with Gasteiger partial charge in [-0.2, -0.15) is 18.3 Å². The summed E-state index contributed by atoms with van der Waals surface area (Å²) in [6, 6.07) is 4.13. The van der Waals surface area contributed by atoms with E-state index in [9.17, 15) is 18.0 Å². The second-order valence-electron chi connectivity index (χ2n) is 5.04. The molecule has 9 heteroatoms. The SMILES string of the molecule is C[C@H](N)c1nc2c(C(F)(F)F)cccc2c(=O)n1-c1ccn[nH]1. The van der Waals surface area contributed by atoms with Gasteiger partial charge in [0.15, 0.2) is 0 Å². The molecule has 2 heterocycles. The van der Waals surface area contributed by atoms with E-state index < -0.39 is 28.9 Å². The van der Waals surface area contributed by atoms with Gasteiger partial charge in [-0.15, -0.1) is 0 Å². The minimum absolute atomic E-state index is 0.0171. The zero-order chi connectivity index (χ0) is 16.8. The average molecular weight is 323 g/mol. The van der Waals surface area contributed by atoms with Gasteiger partial charge in [0.1, 0.15) is 11.6 Å². The van der Waals surface area contributed by atoms with Crippen LogP contribution >= 0.6 is 0 Å². The van der Waals surface area contributed by atoms with Gasteiger partial charge in [-0.1, -0.05) is 6.07 Å². The van der Waals surface area contributed by atoms with E-state index in [4.69, 9.17) is 5.73 Å². The van der Waals surface area contributed by atoms with Crippen LogP contribution in [0.1, 0.15) is 24.4 Å². The number of nitrogens with zero attached hydrogens (tertiary/aromatic N) is 3. The molecule has 0 radical (unpaired) electrons. The summed E-state index contributed by atoms with van der Waals surface area (Å²) in [6.45, 7) is 1.54. The fraction of sp³-hybridized carbons (Fsp3) is 0.214. The summed E-state index contributed by atoms with van der Waals surface area (Å²) in [4.78, 5) is 16.7. The highest BCUT2D eigenvalue weighted by Gasteiger charge is 2.34. The fourth-order valence-electron chi connectivity index (χ4n) is 2.37. The number of benzene rings is 1. The topological polar surface area (TPSA) is 89.6 Å². The zero-order valence-electron chi connectivity index (χ0n) is 11.9. The van der Waals surface area contributed by atoms with Crippen molar-refractivity contribution in [1.29, 1.82) is 0 Å². The van der Waals surface area contributed by atoms with Crippen molar-refractivity contribution in [3.63, 3.8) is 0 Å². The molecule has 0 fully saturated rings. The van der Waals surface area contributed by atoms with Crippen LogP contribution in [0.4, 0.5) is 13.2 Å².